The van der Waals surface area contributed by atoms with Crippen molar-refractivity contribution < 1.29 is 19.6 Å². The standard InChI is InChI=1S/C11H14BrN3O5/c1-20-4-2-3-9(11(16)17)14-10-8(12)5-7(6-13-10)15(18)19/h5-6,9H,2-4H2,1H3,(H,13,14)(H,16,17). The Balaban J connectivity index is 2.78. The second-order valence-electron chi connectivity index (χ2n) is 3.95. The van der Waals surface area contributed by atoms with Crippen LogP contribution >= 0.6 is 15.9 Å². The minimum Gasteiger partial charge on any atom is -0.480 e. The number of nitro groups is 1. The fourth-order valence-electron chi connectivity index (χ4n) is 1.49. The van der Waals surface area contributed by atoms with Gasteiger partial charge in [-0.25, -0.2) is 9.78 Å². The van der Waals surface area contributed by atoms with E-state index in [1.165, 1.54) is 13.2 Å². The SMILES string of the molecule is COCCCC(Nc1ncc([N+](=O)[O-])cc1Br)C(=O)O. The molecule has 1 heterocycles. The highest BCUT2D eigenvalue weighted by atomic mass is 79.9. The van der Waals surface area contributed by atoms with Crippen LogP contribution in [-0.4, -0.2) is 40.7 Å². The molecule has 8 nitrogen and oxygen atoms in total. The first-order valence-corrected chi connectivity index (χ1v) is 6.53. The van der Waals surface area contributed by atoms with Gasteiger partial charge in [-0.3, -0.25) is 10.1 Å². The molecule has 2 N–H and O–H groups in total. The Bertz CT molecular complexity index is 497. The number of methoxy groups -OCH3 is 1. The topological polar surface area (TPSA) is 115 Å². The smallest absolute Gasteiger partial charge is 0.326 e. The largest absolute Gasteiger partial charge is 0.480 e. The lowest BCUT2D eigenvalue weighted by Gasteiger charge is -2.15. The third-order valence-corrected chi connectivity index (χ3v) is 3.09. The van der Waals surface area contributed by atoms with Gasteiger partial charge in [0.1, 0.15) is 18.1 Å². The summed E-state index contributed by atoms with van der Waals surface area (Å²) in [4.78, 5) is 25.0. The summed E-state index contributed by atoms with van der Waals surface area (Å²) in [6.07, 6.45) is 2.00. The highest BCUT2D eigenvalue weighted by Crippen LogP contribution is 2.25. The zero-order valence-corrected chi connectivity index (χ0v) is 12.3. The highest BCUT2D eigenvalue weighted by Gasteiger charge is 2.19. The summed E-state index contributed by atoms with van der Waals surface area (Å²) in [6.45, 7) is 0.459. The van der Waals surface area contributed by atoms with Crippen LogP contribution in [-0.2, 0) is 9.53 Å². The molecule has 0 spiro atoms. The molecule has 0 radical (unpaired) electrons. The maximum Gasteiger partial charge on any atom is 0.326 e. The average Bonchev–Trinajstić information content (AvgIpc) is 2.39. The van der Waals surface area contributed by atoms with Gasteiger partial charge in [-0.1, -0.05) is 0 Å². The van der Waals surface area contributed by atoms with Crippen molar-refractivity contribution in [3.05, 3.63) is 26.9 Å². The molecule has 1 unspecified atom stereocenters. The van der Waals surface area contributed by atoms with Crippen molar-refractivity contribution in [1.82, 2.24) is 4.98 Å². The fourth-order valence-corrected chi connectivity index (χ4v) is 1.94. The van der Waals surface area contributed by atoms with Gasteiger partial charge >= 0.3 is 5.97 Å². The van der Waals surface area contributed by atoms with Crippen LogP contribution in [0.15, 0.2) is 16.7 Å². The number of aliphatic carboxylic acids is 1. The Labute approximate surface area is 123 Å². The van der Waals surface area contributed by atoms with E-state index in [1.807, 2.05) is 0 Å². The van der Waals surface area contributed by atoms with E-state index in [1.54, 1.807) is 0 Å². The summed E-state index contributed by atoms with van der Waals surface area (Å²) in [6, 6.07) is 0.430. The minimum absolute atomic E-state index is 0.173. The van der Waals surface area contributed by atoms with Gasteiger partial charge in [-0.2, -0.15) is 0 Å². The van der Waals surface area contributed by atoms with Gasteiger partial charge in [-0.05, 0) is 28.8 Å². The van der Waals surface area contributed by atoms with E-state index in [2.05, 4.69) is 26.2 Å². The third kappa shape index (κ3) is 4.74. The van der Waals surface area contributed by atoms with E-state index in [4.69, 9.17) is 9.84 Å². The summed E-state index contributed by atoms with van der Waals surface area (Å²) in [5, 5.41) is 22.4. The van der Waals surface area contributed by atoms with Crippen LogP contribution in [0, 0.1) is 10.1 Å². The van der Waals surface area contributed by atoms with Crippen molar-refractivity contribution in [2.45, 2.75) is 18.9 Å². The quantitative estimate of drug-likeness (QED) is 0.420. The van der Waals surface area contributed by atoms with Gasteiger partial charge in [0.15, 0.2) is 0 Å². The zero-order chi connectivity index (χ0) is 15.1. The number of carboxylic acids is 1. The lowest BCUT2D eigenvalue weighted by molar-refractivity contribution is -0.385. The van der Waals surface area contributed by atoms with E-state index < -0.39 is 16.9 Å². The Hall–Kier alpha value is -1.74. The molecule has 0 saturated heterocycles. The number of rotatable bonds is 8. The molecule has 110 valence electrons. The highest BCUT2D eigenvalue weighted by molar-refractivity contribution is 9.10. The number of ether oxygens (including phenoxy) is 1. The number of aromatic nitrogens is 1. The molecule has 20 heavy (non-hydrogen) atoms. The number of carboxylic acid groups (broad SMARTS) is 1. The van der Waals surface area contributed by atoms with Crippen LogP contribution < -0.4 is 5.32 Å². The third-order valence-electron chi connectivity index (χ3n) is 2.49. The van der Waals surface area contributed by atoms with Gasteiger partial charge in [0, 0.05) is 19.8 Å². The molecule has 0 amide bonds. The first-order valence-electron chi connectivity index (χ1n) is 5.74. The van der Waals surface area contributed by atoms with Crippen LogP contribution in [0.1, 0.15) is 12.8 Å². The number of anilines is 1. The van der Waals surface area contributed by atoms with Crippen molar-refractivity contribution >= 4 is 33.4 Å². The van der Waals surface area contributed by atoms with E-state index in [9.17, 15) is 14.9 Å². The molecule has 0 aliphatic heterocycles. The number of nitrogens with zero attached hydrogens (tertiary/aromatic N) is 2. The molecule has 0 bridgehead atoms. The molecule has 0 fully saturated rings. The van der Waals surface area contributed by atoms with Gasteiger partial charge in [0.25, 0.3) is 5.69 Å². The van der Waals surface area contributed by atoms with Crippen molar-refractivity contribution in [2.75, 3.05) is 19.0 Å². The number of hydrogen-bond donors (Lipinski definition) is 2. The van der Waals surface area contributed by atoms with Crippen LogP contribution in [0.2, 0.25) is 0 Å². The normalized spacial score (nSPS) is 11.9. The van der Waals surface area contributed by atoms with Crippen LogP contribution in [0.5, 0.6) is 0 Å². The number of hydrogen-bond acceptors (Lipinski definition) is 6. The lowest BCUT2D eigenvalue weighted by atomic mass is 10.1. The second kappa shape index (κ2) is 7.75. The van der Waals surface area contributed by atoms with Crippen molar-refractivity contribution in [3.63, 3.8) is 0 Å². The fraction of sp³-hybridized carbons (Fsp3) is 0.455. The Morgan fingerprint density at radius 1 is 1.70 bits per heavy atom. The van der Waals surface area contributed by atoms with Crippen LogP contribution in [0.4, 0.5) is 11.5 Å². The predicted molar refractivity (Wildman–Crippen MR) is 74.7 cm³/mol. The zero-order valence-electron chi connectivity index (χ0n) is 10.7. The first kappa shape index (κ1) is 16.3. The minimum atomic E-state index is -1.02. The summed E-state index contributed by atoms with van der Waals surface area (Å²) < 4.78 is 5.21. The van der Waals surface area contributed by atoms with Gasteiger partial charge < -0.3 is 15.2 Å². The van der Waals surface area contributed by atoms with Crippen molar-refractivity contribution in [1.29, 1.82) is 0 Å². The van der Waals surface area contributed by atoms with Gasteiger partial charge in [0.05, 0.1) is 9.40 Å². The van der Waals surface area contributed by atoms with Gasteiger partial charge in [-0.15, -0.1) is 0 Å². The van der Waals surface area contributed by atoms with E-state index in [0.717, 1.165) is 6.20 Å². The lowest BCUT2D eigenvalue weighted by Crippen LogP contribution is -2.30. The molecule has 1 aromatic heterocycles. The summed E-state index contributed by atoms with van der Waals surface area (Å²) in [7, 11) is 1.54. The molecular formula is C11H14BrN3O5. The molecule has 0 aromatic carbocycles. The molecular weight excluding hydrogens is 334 g/mol. The monoisotopic (exact) mass is 347 g/mol. The molecule has 1 atom stereocenters. The Morgan fingerprint density at radius 2 is 2.40 bits per heavy atom. The summed E-state index contributed by atoms with van der Waals surface area (Å²) in [5.74, 6) is -0.770. The molecule has 0 saturated carbocycles. The maximum absolute atomic E-state index is 11.1. The summed E-state index contributed by atoms with van der Waals surface area (Å²) in [5.41, 5.74) is -0.173. The molecule has 0 aliphatic carbocycles. The number of pyridine rings is 1. The Kier molecular flexibility index (Phi) is 6.32. The predicted octanol–water partition coefficient (Wildman–Crippen LogP) is 2.04. The van der Waals surface area contributed by atoms with E-state index >= 15 is 0 Å². The molecule has 0 aliphatic rings. The Morgan fingerprint density at radius 3 is 2.90 bits per heavy atom. The number of halogens is 1. The van der Waals surface area contributed by atoms with Crippen LogP contribution in [0.25, 0.3) is 0 Å². The summed E-state index contributed by atoms with van der Waals surface area (Å²) >= 11 is 3.13. The first-order chi connectivity index (χ1) is 9.45. The van der Waals surface area contributed by atoms with E-state index in [-0.39, 0.29) is 11.5 Å². The van der Waals surface area contributed by atoms with Crippen molar-refractivity contribution in [3.8, 4) is 0 Å². The molecule has 1 aromatic rings. The second-order valence-corrected chi connectivity index (χ2v) is 4.81. The molecule has 9 heteroatoms. The number of nitrogens with one attached hydrogen (secondary N) is 1. The maximum atomic E-state index is 11.1. The van der Waals surface area contributed by atoms with Crippen molar-refractivity contribution in [2.24, 2.45) is 0 Å². The molecule has 1 rings (SSSR count). The number of carbonyl (C=O) groups is 1. The van der Waals surface area contributed by atoms with E-state index in [0.29, 0.717) is 23.9 Å². The van der Waals surface area contributed by atoms with Crippen LogP contribution in [0.3, 0.4) is 0 Å². The van der Waals surface area contributed by atoms with Gasteiger partial charge in [0.2, 0.25) is 0 Å². The average molecular weight is 348 g/mol.